The van der Waals surface area contributed by atoms with Crippen LogP contribution in [0.3, 0.4) is 0 Å². The van der Waals surface area contributed by atoms with Gasteiger partial charge in [0.2, 0.25) is 11.9 Å². The summed E-state index contributed by atoms with van der Waals surface area (Å²) in [4.78, 5) is 37.0. The van der Waals surface area contributed by atoms with Crippen LogP contribution in [0.15, 0.2) is 48.8 Å². The normalized spacial score (nSPS) is 15.8. The molecule has 8 nitrogen and oxygen atoms in total. The second kappa shape index (κ2) is 9.09. The van der Waals surface area contributed by atoms with Gasteiger partial charge in [-0.1, -0.05) is 30.3 Å². The fourth-order valence-corrected chi connectivity index (χ4v) is 2.97. The molecule has 1 fully saturated rings. The largest absolute Gasteiger partial charge is 0.338 e. The van der Waals surface area contributed by atoms with Crippen LogP contribution in [-0.2, 0) is 11.3 Å². The van der Waals surface area contributed by atoms with Gasteiger partial charge < -0.3 is 10.2 Å². The number of rotatable bonds is 5. The minimum Gasteiger partial charge on any atom is -0.338 e. The van der Waals surface area contributed by atoms with Crippen LogP contribution in [0.5, 0.6) is 0 Å². The topological polar surface area (TPSA) is 90.5 Å². The average Bonchev–Trinajstić information content (AvgIpc) is 2.73. The summed E-state index contributed by atoms with van der Waals surface area (Å²) >= 11 is 0. The Bertz CT molecular complexity index is 747. The molecule has 1 aromatic heterocycles. The van der Waals surface area contributed by atoms with E-state index < -0.39 is 6.03 Å². The van der Waals surface area contributed by atoms with Crippen LogP contribution >= 0.6 is 0 Å². The van der Waals surface area contributed by atoms with E-state index in [0.29, 0.717) is 25.6 Å². The molecule has 27 heavy (non-hydrogen) atoms. The predicted octanol–water partition coefficient (Wildman–Crippen LogP) is 1.01. The highest BCUT2D eigenvalue weighted by Crippen LogP contribution is 2.11. The van der Waals surface area contributed by atoms with Crippen LogP contribution in [0.1, 0.15) is 12.5 Å². The molecule has 2 heterocycles. The van der Waals surface area contributed by atoms with E-state index in [2.05, 4.69) is 30.4 Å². The molecule has 1 aromatic carbocycles. The third-order valence-corrected chi connectivity index (χ3v) is 4.61. The summed E-state index contributed by atoms with van der Waals surface area (Å²) in [5.41, 5.74) is 0.979. The molecule has 0 bridgehead atoms. The van der Waals surface area contributed by atoms with Crippen molar-refractivity contribution in [1.82, 2.24) is 25.5 Å². The third-order valence-electron chi connectivity index (χ3n) is 4.61. The number of carbonyl (C=O) groups is 2. The average molecular weight is 368 g/mol. The SMILES string of the molecule is CC(C(=O)NC(=O)NCc1ccccc1)N1CCN(c2ncccn2)CC1. The number of aromatic nitrogens is 2. The summed E-state index contributed by atoms with van der Waals surface area (Å²) < 4.78 is 0. The maximum Gasteiger partial charge on any atom is 0.321 e. The molecule has 3 rings (SSSR count). The van der Waals surface area contributed by atoms with E-state index in [9.17, 15) is 9.59 Å². The summed E-state index contributed by atoms with van der Waals surface area (Å²) in [6, 6.07) is 10.5. The zero-order valence-corrected chi connectivity index (χ0v) is 15.3. The van der Waals surface area contributed by atoms with E-state index in [1.165, 1.54) is 0 Å². The van der Waals surface area contributed by atoms with Gasteiger partial charge in [-0.2, -0.15) is 0 Å². The van der Waals surface area contributed by atoms with Crippen LogP contribution in [0.25, 0.3) is 0 Å². The summed E-state index contributed by atoms with van der Waals surface area (Å²) in [6.07, 6.45) is 3.44. The Morgan fingerprint density at radius 3 is 2.37 bits per heavy atom. The molecule has 2 aromatic rings. The molecule has 1 atom stereocenters. The highest BCUT2D eigenvalue weighted by atomic mass is 16.2. The highest BCUT2D eigenvalue weighted by molar-refractivity contribution is 5.96. The lowest BCUT2D eigenvalue weighted by Gasteiger charge is -2.37. The van der Waals surface area contributed by atoms with Crippen molar-refractivity contribution in [3.63, 3.8) is 0 Å². The molecular weight excluding hydrogens is 344 g/mol. The number of anilines is 1. The number of piperazine rings is 1. The van der Waals surface area contributed by atoms with Crippen molar-refractivity contribution in [3.05, 3.63) is 54.4 Å². The van der Waals surface area contributed by atoms with Crippen molar-refractivity contribution < 1.29 is 9.59 Å². The molecule has 1 aliphatic heterocycles. The maximum atomic E-state index is 12.4. The molecule has 2 N–H and O–H groups in total. The molecule has 1 aliphatic rings. The van der Waals surface area contributed by atoms with E-state index in [1.54, 1.807) is 18.5 Å². The van der Waals surface area contributed by atoms with Gasteiger partial charge in [0, 0.05) is 45.1 Å². The molecular formula is C19H24N6O2. The third kappa shape index (κ3) is 5.24. The number of amides is 3. The Labute approximate surface area is 158 Å². The molecule has 8 heteroatoms. The van der Waals surface area contributed by atoms with Gasteiger partial charge in [0.15, 0.2) is 0 Å². The van der Waals surface area contributed by atoms with Crippen LogP contribution in [0.2, 0.25) is 0 Å². The van der Waals surface area contributed by atoms with Crippen molar-refractivity contribution >= 4 is 17.9 Å². The zero-order valence-electron chi connectivity index (χ0n) is 15.3. The Hall–Kier alpha value is -3.00. The number of nitrogens with zero attached hydrogens (tertiary/aromatic N) is 4. The van der Waals surface area contributed by atoms with Crippen molar-refractivity contribution in [3.8, 4) is 0 Å². The summed E-state index contributed by atoms with van der Waals surface area (Å²) in [7, 11) is 0. The van der Waals surface area contributed by atoms with Gasteiger partial charge in [-0.15, -0.1) is 0 Å². The number of carbonyl (C=O) groups excluding carboxylic acids is 2. The molecule has 0 spiro atoms. The van der Waals surface area contributed by atoms with Crippen molar-refractivity contribution in [2.24, 2.45) is 0 Å². The molecule has 1 saturated heterocycles. The predicted molar refractivity (Wildman–Crippen MR) is 102 cm³/mol. The Balaban J connectivity index is 1.43. The van der Waals surface area contributed by atoms with E-state index in [4.69, 9.17) is 0 Å². The van der Waals surface area contributed by atoms with Gasteiger partial charge >= 0.3 is 6.03 Å². The number of imide groups is 1. The Morgan fingerprint density at radius 1 is 1.04 bits per heavy atom. The van der Waals surface area contributed by atoms with Gasteiger partial charge in [-0.05, 0) is 18.6 Å². The first-order chi connectivity index (χ1) is 13.1. The molecule has 142 valence electrons. The standard InChI is InChI=1S/C19H24N6O2/c1-15(17(26)23-19(27)22-14-16-6-3-2-4-7-16)24-10-12-25(13-11-24)18-20-8-5-9-21-18/h2-9,15H,10-14H2,1H3,(H2,22,23,26,27). The first-order valence-corrected chi connectivity index (χ1v) is 9.02. The lowest BCUT2D eigenvalue weighted by molar-refractivity contribution is -0.124. The van der Waals surface area contributed by atoms with Crippen molar-refractivity contribution in [2.75, 3.05) is 31.1 Å². The highest BCUT2D eigenvalue weighted by Gasteiger charge is 2.27. The molecule has 0 radical (unpaired) electrons. The zero-order chi connectivity index (χ0) is 19.1. The van der Waals surface area contributed by atoms with E-state index >= 15 is 0 Å². The smallest absolute Gasteiger partial charge is 0.321 e. The Morgan fingerprint density at radius 2 is 1.70 bits per heavy atom. The fraction of sp³-hybridized carbons (Fsp3) is 0.368. The summed E-state index contributed by atoms with van der Waals surface area (Å²) in [5, 5.41) is 5.12. The van der Waals surface area contributed by atoms with E-state index in [-0.39, 0.29) is 11.9 Å². The number of nitrogens with one attached hydrogen (secondary N) is 2. The van der Waals surface area contributed by atoms with Crippen LogP contribution in [-0.4, -0.2) is 59.0 Å². The molecule has 0 aliphatic carbocycles. The summed E-state index contributed by atoms with van der Waals surface area (Å²) in [6.45, 7) is 5.08. The van der Waals surface area contributed by atoms with Gasteiger partial charge in [-0.3, -0.25) is 15.0 Å². The van der Waals surface area contributed by atoms with E-state index in [1.807, 2.05) is 37.3 Å². The van der Waals surface area contributed by atoms with Crippen LogP contribution < -0.4 is 15.5 Å². The second-order valence-corrected chi connectivity index (χ2v) is 6.41. The summed E-state index contributed by atoms with van der Waals surface area (Å²) in [5.74, 6) is 0.402. The lowest BCUT2D eigenvalue weighted by Crippen LogP contribution is -2.55. The number of hydrogen-bond acceptors (Lipinski definition) is 6. The Kier molecular flexibility index (Phi) is 6.32. The monoisotopic (exact) mass is 368 g/mol. The van der Waals surface area contributed by atoms with Gasteiger partial charge in [0.25, 0.3) is 0 Å². The van der Waals surface area contributed by atoms with Gasteiger partial charge in [0.1, 0.15) is 0 Å². The van der Waals surface area contributed by atoms with Crippen LogP contribution in [0, 0.1) is 0 Å². The van der Waals surface area contributed by atoms with Crippen molar-refractivity contribution in [1.29, 1.82) is 0 Å². The van der Waals surface area contributed by atoms with E-state index in [0.717, 1.165) is 18.7 Å². The minimum absolute atomic E-state index is 0.301. The number of urea groups is 1. The minimum atomic E-state index is -0.480. The quantitative estimate of drug-likeness (QED) is 0.819. The number of benzene rings is 1. The van der Waals surface area contributed by atoms with Crippen LogP contribution in [0.4, 0.5) is 10.7 Å². The van der Waals surface area contributed by atoms with Crippen molar-refractivity contribution in [2.45, 2.75) is 19.5 Å². The van der Waals surface area contributed by atoms with Gasteiger partial charge in [0.05, 0.1) is 6.04 Å². The maximum absolute atomic E-state index is 12.4. The molecule has 1 unspecified atom stereocenters. The first kappa shape index (κ1) is 18.8. The second-order valence-electron chi connectivity index (χ2n) is 6.41. The number of hydrogen-bond donors (Lipinski definition) is 2. The van der Waals surface area contributed by atoms with Gasteiger partial charge in [-0.25, -0.2) is 14.8 Å². The fourth-order valence-electron chi connectivity index (χ4n) is 2.97. The first-order valence-electron chi connectivity index (χ1n) is 9.02. The molecule has 3 amide bonds. The lowest BCUT2D eigenvalue weighted by atomic mass is 10.2. The molecule has 0 saturated carbocycles.